The van der Waals surface area contributed by atoms with E-state index in [0.717, 1.165) is 5.56 Å². The number of likely N-dealkylation sites (N-methyl/N-ethyl adjacent to an activating group) is 1. The van der Waals surface area contributed by atoms with E-state index >= 15 is 0 Å². The van der Waals surface area contributed by atoms with Crippen LogP contribution < -0.4 is 9.64 Å². The summed E-state index contributed by atoms with van der Waals surface area (Å²) in [5.41, 5.74) is 2.72. The van der Waals surface area contributed by atoms with Crippen LogP contribution in [-0.4, -0.2) is 66.6 Å². The molecular weight excluding hydrogens is 489 g/mol. The van der Waals surface area contributed by atoms with Crippen LogP contribution in [0.2, 0.25) is 0 Å². The summed E-state index contributed by atoms with van der Waals surface area (Å²) in [4.78, 5) is 55.2. The topological polar surface area (TPSA) is 87.2 Å². The summed E-state index contributed by atoms with van der Waals surface area (Å²) in [5.74, 6) is -0.811. The first-order valence-electron chi connectivity index (χ1n) is 12.2. The summed E-state index contributed by atoms with van der Waals surface area (Å²) >= 11 is 0. The van der Waals surface area contributed by atoms with E-state index in [0.29, 0.717) is 47.6 Å². The van der Waals surface area contributed by atoms with Crippen molar-refractivity contribution in [3.05, 3.63) is 94.8 Å². The number of halogens is 1. The lowest BCUT2D eigenvalue weighted by molar-refractivity contribution is -0.129. The van der Waals surface area contributed by atoms with Crippen molar-refractivity contribution in [1.29, 1.82) is 0 Å². The van der Waals surface area contributed by atoms with E-state index in [1.54, 1.807) is 55.4 Å². The molecule has 3 aromatic rings. The molecule has 1 atom stereocenters. The Morgan fingerprint density at radius 2 is 1.63 bits per heavy atom. The largest absolute Gasteiger partial charge is 0.481 e. The van der Waals surface area contributed by atoms with E-state index in [1.165, 1.54) is 34.1 Å². The lowest BCUT2D eigenvalue weighted by atomic mass is 10.0. The molecule has 0 bridgehead atoms. The second-order valence-electron chi connectivity index (χ2n) is 9.54. The molecule has 0 saturated carbocycles. The number of rotatable bonds is 7. The highest BCUT2D eigenvalue weighted by Gasteiger charge is 2.36. The Morgan fingerprint density at radius 3 is 2.29 bits per heavy atom. The molecule has 2 heterocycles. The van der Waals surface area contributed by atoms with Gasteiger partial charge in [-0.05, 0) is 66.2 Å². The SMILES string of the molecule is CN(C)C(=O)CN1Cc2ccc(N3CC[C@@H](Oc4ccc(C(=O)c5ccc(F)cc5)cc4)C3=O)cc2C1=O. The van der Waals surface area contributed by atoms with Crippen LogP contribution in [0.4, 0.5) is 10.1 Å². The van der Waals surface area contributed by atoms with Gasteiger partial charge in [0.1, 0.15) is 18.1 Å². The first-order valence-corrected chi connectivity index (χ1v) is 12.2. The summed E-state index contributed by atoms with van der Waals surface area (Å²) in [7, 11) is 3.29. The van der Waals surface area contributed by atoms with Gasteiger partial charge in [-0.25, -0.2) is 4.39 Å². The molecule has 3 amide bonds. The molecule has 0 unspecified atom stereocenters. The van der Waals surface area contributed by atoms with Crippen LogP contribution in [0.5, 0.6) is 5.75 Å². The zero-order valence-corrected chi connectivity index (χ0v) is 21.0. The van der Waals surface area contributed by atoms with E-state index in [-0.39, 0.29) is 30.0 Å². The Balaban J connectivity index is 1.23. The van der Waals surface area contributed by atoms with Crippen LogP contribution in [0.25, 0.3) is 0 Å². The number of hydrogen-bond acceptors (Lipinski definition) is 5. The Morgan fingerprint density at radius 1 is 0.974 bits per heavy atom. The predicted octanol–water partition coefficient (Wildman–Crippen LogP) is 3.29. The Labute approximate surface area is 219 Å². The number of fused-ring (bicyclic) bond motifs is 1. The van der Waals surface area contributed by atoms with Crippen molar-refractivity contribution in [3.8, 4) is 5.75 Å². The van der Waals surface area contributed by atoms with Gasteiger partial charge in [-0.15, -0.1) is 0 Å². The lowest BCUT2D eigenvalue weighted by Gasteiger charge is -2.18. The zero-order chi connectivity index (χ0) is 27.0. The molecule has 8 nitrogen and oxygen atoms in total. The van der Waals surface area contributed by atoms with Crippen LogP contribution >= 0.6 is 0 Å². The van der Waals surface area contributed by atoms with Gasteiger partial charge in [-0.3, -0.25) is 19.2 Å². The maximum absolute atomic E-state index is 13.1. The van der Waals surface area contributed by atoms with Gasteiger partial charge in [0.2, 0.25) is 5.91 Å². The van der Waals surface area contributed by atoms with Gasteiger partial charge >= 0.3 is 0 Å². The molecule has 2 aliphatic rings. The fourth-order valence-corrected chi connectivity index (χ4v) is 4.59. The van der Waals surface area contributed by atoms with E-state index in [9.17, 15) is 23.6 Å². The van der Waals surface area contributed by atoms with Crippen molar-refractivity contribution in [3.63, 3.8) is 0 Å². The van der Waals surface area contributed by atoms with E-state index < -0.39 is 11.9 Å². The molecule has 0 N–H and O–H groups in total. The Bertz CT molecular complexity index is 1420. The number of carbonyl (C=O) groups excluding carboxylic acids is 4. The zero-order valence-electron chi connectivity index (χ0n) is 21.0. The quantitative estimate of drug-likeness (QED) is 0.451. The number of amides is 3. The second-order valence-corrected chi connectivity index (χ2v) is 9.54. The molecule has 0 radical (unpaired) electrons. The fourth-order valence-electron chi connectivity index (χ4n) is 4.59. The van der Waals surface area contributed by atoms with Gasteiger partial charge in [-0.1, -0.05) is 6.07 Å². The normalized spacial score (nSPS) is 16.6. The van der Waals surface area contributed by atoms with Crippen molar-refractivity contribution in [2.45, 2.75) is 19.1 Å². The second kappa shape index (κ2) is 10.1. The summed E-state index contributed by atoms with van der Waals surface area (Å²) in [6, 6.07) is 17.1. The molecule has 9 heteroatoms. The molecule has 38 heavy (non-hydrogen) atoms. The van der Waals surface area contributed by atoms with E-state index in [4.69, 9.17) is 4.74 Å². The molecule has 5 rings (SSSR count). The highest BCUT2D eigenvalue weighted by atomic mass is 19.1. The monoisotopic (exact) mass is 515 g/mol. The Kier molecular flexibility index (Phi) is 6.67. The van der Waals surface area contributed by atoms with Gasteiger partial charge in [0.15, 0.2) is 11.9 Å². The first kappa shape index (κ1) is 25.1. The minimum Gasteiger partial charge on any atom is -0.481 e. The average molecular weight is 516 g/mol. The third-order valence-corrected chi connectivity index (χ3v) is 6.77. The molecule has 1 fully saturated rings. The number of ketones is 1. The number of ether oxygens (including phenoxy) is 1. The molecule has 0 aliphatic carbocycles. The van der Waals surface area contributed by atoms with Gasteiger partial charge in [0.25, 0.3) is 11.8 Å². The van der Waals surface area contributed by atoms with Crippen LogP contribution in [-0.2, 0) is 16.1 Å². The minimum absolute atomic E-state index is 0.00267. The lowest BCUT2D eigenvalue weighted by Crippen LogP contribution is -2.36. The number of carbonyl (C=O) groups is 4. The highest BCUT2D eigenvalue weighted by molar-refractivity contribution is 6.09. The van der Waals surface area contributed by atoms with Crippen molar-refractivity contribution in [2.75, 3.05) is 32.1 Å². The molecule has 0 aromatic heterocycles. The molecule has 194 valence electrons. The third kappa shape index (κ3) is 4.87. The molecule has 3 aromatic carbocycles. The van der Waals surface area contributed by atoms with Gasteiger partial charge in [0.05, 0.1) is 0 Å². The van der Waals surface area contributed by atoms with Crippen molar-refractivity contribution >= 4 is 29.2 Å². The predicted molar refractivity (Wildman–Crippen MR) is 138 cm³/mol. The van der Waals surface area contributed by atoms with Crippen molar-refractivity contribution < 1.29 is 28.3 Å². The van der Waals surface area contributed by atoms with Crippen LogP contribution in [0.3, 0.4) is 0 Å². The summed E-state index contributed by atoms with van der Waals surface area (Å²) in [5, 5.41) is 0. The highest BCUT2D eigenvalue weighted by Crippen LogP contribution is 2.31. The standard InChI is InChI=1S/C29H26FN3O5/c1-31(2)26(34)17-32-16-20-5-10-22(15-24(20)28(32)36)33-14-13-25(29(33)37)38-23-11-6-19(7-12-23)27(35)18-3-8-21(30)9-4-18/h3-12,15,25H,13-14,16-17H2,1-2H3/t25-/m1/s1. The smallest absolute Gasteiger partial charge is 0.268 e. The van der Waals surface area contributed by atoms with Crippen molar-refractivity contribution in [2.24, 2.45) is 0 Å². The van der Waals surface area contributed by atoms with Crippen LogP contribution in [0, 0.1) is 5.82 Å². The maximum Gasteiger partial charge on any atom is 0.268 e. The van der Waals surface area contributed by atoms with Crippen LogP contribution in [0.1, 0.15) is 38.3 Å². The summed E-state index contributed by atoms with van der Waals surface area (Å²) in [6.07, 6.45) is -0.240. The fraction of sp³-hybridized carbons (Fsp3) is 0.241. The molecular formula is C29H26FN3O5. The van der Waals surface area contributed by atoms with Crippen LogP contribution in [0.15, 0.2) is 66.7 Å². The summed E-state index contributed by atoms with van der Waals surface area (Å²) in [6.45, 7) is 0.788. The number of hydrogen-bond donors (Lipinski definition) is 0. The number of anilines is 1. The number of nitrogens with zero attached hydrogens (tertiary/aromatic N) is 3. The van der Waals surface area contributed by atoms with Gasteiger partial charge in [0, 0.05) is 56.0 Å². The Hall–Kier alpha value is -4.53. The maximum atomic E-state index is 13.1. The minimum atomic E-state index is -0.702. The van der Waals surface area contributed by atoms with Crippen molar-refractivity contribution in [1.82, 2.24) is 9.80 Å². The van der Waals surface area contributed by atoms with E-state index in [2.05, 4.69) is 0 Å². The molecule has 0 spiro atoms. The third-order valence-electron chi connectivity index (χ3n) is 6.77. The van der Waals surface area contributed by atoms with Gasteiger partial charge < -0.3 is 19.4 Å². The number of benzene rings is 3. The average Bonchev–Trinajstić information content (AvgIpc) is 3.43. The van der Waals surface area contributed by atoms with Gasteiger partial charge in [-0.2, -0.15) is 0 Å². The molecule has 1 saturated heterocycles. The summed E-state index contributed by atoms with van der Waals surface area (Å²) < 4.78 is 19.1. The molecule has 2 aliphatic heterocycles. The van der Waals surface area contributed by atoms with E-state index in [1.807, 2.05) is 6.07 Å². The first-order chi connectivity index (χ1) is 18.2.